The second kappa shape index (κ2) is 6.63. The van der Waals surface area contributed by atoms with Gasteiger partial charge in [-0.3, -0.25) is 4.79 Å². The lowest BCUT2D eigenvalue weighted by Gasteiger charge is -2.25. The molecule has 0 heterocycles. The molecular weight excluding hydrogens is 238 g/mol. The third-order valence-electron chi connectivity index (χ3n) is 2.07. The fourth-order valence-corrected chi connectivity index (χ4v) is 1.37. The maximum absolute atomic E-state index is 11.6. The number of amides is 3. The van der Waals surface area contributed by atoms with E-state index in [4.69, 9.17) is 10.8 Å². The quantitative estimate of drug-likeness (QED) is 0.478. The van der Waals surface area contributed by atoms with E-state index in [1.54, 1.807) is 13.8 Å². The van der Waals surface area contributed by atoms with E-state index < -0.39 is 29.5 Å². The summed E-state index contributed by atoms with van der Waals surface area (Å²) in [7, 11) is 0. The highest BCUT2D eigenvalue weighted by Gasteiger charge is 2.25. The van der Waals surface area contributed by atoms with Crippen LogP contribution in [-0.4, -0.2) is 34.6 Å². The van der Waals surface area contributed by atoms with Gasteiger partial charge in [0.2, 0.25) is 5.91 Å². The Labute approximate surface area is 105 Å². The molecule has 0 aliphatic carbocycles. The molecule has 102 valence electrons. The van der Waals surface area contributed by atoms with Crippen molar-refractivity contribution >= 4 is 17.9 Å². The summed E-state index contributed by atoms with van der Waals surface area (Å²) >= 11 is 0. The first kappa shape index (κ1) is 16.0. The van der Waals surface area contributed by atoms with Gasteiger partial charge in [0.05, 0.1) is 0 Å². The summed E-state index contributed by atoms with van der Waals surface area (Å²) in [5.41, 5.74) is 4.19. The summed E-state index contributed by atoms with van der Waals surface area (Å²) < 4.78 is 0. The topological polar surface area (TPSA) is 122 Å². The van der Waals surface area contributed by atoms with Crippen molar-refractivity contribution < 1.29 is 19.5 Å². The maximum atomic E-state index is 11.6. The first-order valence-corrected chi connectivity index (χ1v) is 5.38. The van der Waals surface area contributed by atoms with Gasteiger partial charge in [-0.1, -0.05) is 6.08 Å². The van der Waals surface area contributed by atoms with Crippen molar-refractivity contribution in [2.24, 2.45) is 5.73 Å². The first-order valence-electron chi connectivity index (χ1n) is 5.38. The van der Waals surface area contributed by atoms with Crippen LogP contribution in [0.5, 0.6) is 0 Å². The second-order valence-corrected chi connectivity index (χ2v) is 4.54. The molecule has 0 aromatic carbocycles. The fourth-order valence-electron chi connectivity index (χ4n) is 1.37. The summed E-state index contributed by atoms with van der Waals surface area (Å²) in [6.07, 6.45) is 1.46. The van der Waals surface area contributed by atoms with Gasteiger partial charge in [0.1, 0.15) is 6.04 Å². The molecule has 0 aliphatic rings. The van der Waals surface area contributed by atoms with E-state index >= 15 is 0 Å². The number of primary amides is 1. The van der Waals surface area contributed by atoms with Crippen molar-refractivity contribution in [2.45, 2.75) is 38.3 Å². The lowest BCUT2D eigenvalue weighted by atomic mass is 10.0. The molecule has 3 amide bonds. The van der Waals surface area contributed by atoms with E-state index in [1.807, 2.05) is 0 Å². The predicted molar refractivity (Wildman–Crippen MR) is 65.8 cm³/mol. The Hall–Kier alpha value is -2.05. The Morgan fingerprint density at radius 1 is 1.44 bits per heavy atom. The maximum Gasteiger partial charge on any atom is 0.326 e. The standard InChI is InChI=1S/C11H19N3O4/c1-4-5-7(9(16)17)13-10(18)14-11(2,3)6-8(12)15/h4,7H,1,5-6H2,2-3H3,(H2,12,15)(H,16,17)(H2,13,14,18). The van der Waals surface area contributed by atoms with Crippen LogP contribution in [0.15, 0.2) is 12.7 Å². The highest BCUT2D eigenvalue weighted by atomic mass is 16.4. The number of nitrogens with one attached hydrogen (secondary N) is 2. The number of carbonyl (C=O) groups excluding carboxylic acids is 2. The Morgan fingerprint density at radius 3 is 2.39 bits per heavy atom. The number of carboxylic acids is 1. The number of urea groups is 1. The molecule has 0 saturated heterocycles. The monoisotopic (exact) mass is 257 g/mol. The highest BCUT2D eigenvalue weighted by Crippen LogP contribution is 2.07. The first-order chi connectivity index (χ1) is 8.18. The summed E-state index contributed by atoms with van der Waals surface area (Å²) in [5, 5.41) is 13.6. The number of hydrogen-bond acceptors (Lipinski definition) is 3. The van der Waals surface area contributed by atoms with Crippen LogP contribution in [0.25, 0.3) is 0 Å². The molecule has 1 atom stereocenters. The van der Waals surface area contributed by atoms with Crippen LogP contribution in [0.3, 0.4) is 0 Å². The van der Waals surface area contributed by atoms with Gasteiger partial charge >= 0.3 is 12.0 Å². The normalized spacial score (nSPS) is 12.3. The third-order valence-corrected chi connectivity index (χ3v) is 2.07. The average Bonchev–Trinajstić information content (AvgIpc) is 2.13. The van der Waals surface area contributed by atoms with Gasteiger partial charge in [-0.05, 0) is 20.3 Å². The van der Waals surface area contributed by atoms with E-state index in [1.165, 1.54) is 6.08 Å². The van der Waals surface area contributed by atoms with Crippen LogP contribution in [-0.2, 0) is 9.59 Å². The van der Waals surface area contributed by atoms with Crippen LogP contribution in [0.1, 0.15) is 26.7 Å². The predicted octanol–water partition coefficient (Wildman–Crippen LogP) is -0.0311. The van der Waals surface area contributed by atoms with Crippen molar-refractivity contribution in [3.05, 3.63) is 12.7 Å². The number of carboxylic acid groups (broad SMARTS) is 1. The van der Waals surface area contributed by atoms with E-state index in [9.17, 15) is 14.4 Å². The van der Waals surface area contributed by atoms with Crippen molar-refractivity contribution in [2.75, 3.05) is 0 Å². The molecule has 0 spiro atoms. The molecular formula is C11H19N3O4. The van der Waals surface area contributed by atoms with Crippen molar-refractivity contribution in [3.63, 3.8) is 0 Å². The van der Waals surface area contributed by atoms with Crippen molar-refractivity contribution in [1.82, 2.24) is 10.6 Å². The number of rotatable bonds is 7. The second-order valence-electron chi connectivity index (χ2n) is 4.54. The highest BCUT2D eigenvalue weighted by molar-refractivity contribution is 5.83. The largest absolute Gasteiger partial charge is 0.480 e. The van der Waals surface area contributed by atoms with Gasteiger partial charge in [0.25, 0.3) is 0 Å². The smallest absolute Gasteiger partial charge is 0.326 e. The third kappa shape index (κ3) is 6.51. The average molecular weight is 257 g/mol. The minimum absolute atomic E-state index is 0.0420. The molecule has 0 rings (SSSR count). The van der Waals surface area contributed by atoms with E-state index in [0.717, 1.165) is 0 Å². The lowest BCUT2D eigenvalue weighted by Crippen LogP contribution is -2.53. The summed E-state index contributed by atoms with van der Waals surface area (Å²) in [6, 6.07) is -1.72. The molecule has 0 saturated carbocycles. The molecule has 0 bridgehead atoms. The molecule has 7 nitrogen and oxygen atoms in total. The van der Waals surface area contributed by atoms with Gasteiger partial charge in [0, 0.05) is 12.0 Å². The summed E-state index contributed by atoms with van der Waals surface area (Å²) in [6.45, 7) is 6.63. The molecule has 0 aromatic rings. The minimum Gasteiger partial charge on any atom is -0.480 e. The van der Waals surface area contributed by atoms with Gasteiger partial charge in [-0.25, -0.2) is 9.59 Å². The Bertz CT molecular complexity index is 352. The fraction of sp³-hybridized carbons (Fsp3) is 0.545. The molecule has 0 fully saturated rings. The molecule has 18 heavy (non-hydrogen) atoms. The number of aliphatic carboxylic acids is 1. The van der Waals surface area contributed by atoms with Crippen LogP contribution in [0.4, 0.5) is 4.79 Å². The SMILES string of the molecule is C=CCC(NC(=O)NC(C)(C)CC(N)=O)C(=O)O. The lowest BCUT2D eigenvalue weighted by molar-refractivity contribution is -0.139. The zero-order valence-corrected chi connectivity index (χ0v) is 10.5. The molecule has 5 N–H and O–H groups in total. The zero-order chi connectivity index (χ0) is 14.3. The van der Waals surface area contributed by atoms with Gasteiger partial charge < -0.3 is 21.5 Å². The number of carbonyl (C=O) groups is 3. The van der Waals surface area contributed by atoms with Crippen LogP contribution >= 0.6 is 0 Å². The van der Waals surface area contributed by atoms with Crippen LogP contribution in [0.2, 0.25) is 0 Å². The minimum atomic E-state index is -1.15. The Morgan fingerprint density at radius 2 is 2.00 bits per heavy atom. The van der Waals surface area contributed by atoms with Gasteiger partial charge in [0.15, 0.2) is 0 Å². The van der Waals surface area contributed by atoms with Crippen LogP contribution < -0.4 is 16.4 Å². The van der Waals surface area contributed by atoms with E-state index in [-0.39, 0.29) is 12.8 Å². The van der Waals surface area contributed by atoms with Crippen LogP contribution in [0, 0.1) is 0 Å². The summed E-state index contributed by atoms with van der Waals surface area (Å²) in [5.74, 6) is -1.71. The van der Waals surface area contributed by atoms with E-state index in [0.29, 0.717) is 0 Å². The zero-order valence-electron chi connectivity index (χ0n) is 10.5. The molecule has 0 aliphatic heterocycles. The van der Waals surface area contributed by atoms with Crippen molar-refractivity contribution in [1.29, 1.82) is 0 Å². The van der Waals surface area contributed by atoms with Crippen molar-refractivity contribution in [3.8, 4) is 0 Å². The molecule has 1 unspecified atom stereocenters. The number of nitrogens with two attached hydrogens (primary N) is 1. The Balaban J connectivity index is 4.44. The number of hydrogen-bond donors (Lipinski definition) is 4. The van der Waals surface area contributed by atoms with E-state index in [2.05, 4.69) is 17.2 Å². The van der Waals surface area contributed by atoms with Gasteiger partial charge in [-0.2, -0.15) is 0 Å². The molecule has 7 heteroatoms. The van der Waals surface area contributed by atoms with Gasteiger partial charge in [-0.15, -0.1) is 6.58 Å². The molecule has 0 aromatic heterocycles. The molecule has 0 radical (unpaired) electrons. The Kier molecular flexibility index (Phi) is 5.87. The summed E-state index contributed by atoms with van der Waals surface area (Å²) in [4.78, 5) is 33.1.